The van der Waals surface area contributed by atoms with Crippen LogP contribution in [0.5, 0.6) is 0 Å². The summed E-state index contributed by atoms with van der Waals surface area (Å²) in [5.41, 5.74) is 6.86. The van der Waals surface area contributed by atoms with Crippen molar-refractivity contribution >= 4 is 17.3 Å². The first-order valence-electron chi connectivity index (χ1n) is 6.68. The number of nitrogens with two attached hydrogens (primary N) is 1. The van der Waals surface area contributed by atoms with Gasteiger partial charge in [0.05, 0.1) is 10.6 Å². The predicted molar refractivity (Wildman–Crippen MR) is 78.1 cm³/mol. The molecule has 0 spiro atoms. The fraction of sp³-hybridized carbons (Fsp3) is 0.571. The van der Waals surface area contributed by atoms with Gasteiger partial charge in [0.2, 0.25) is 0 Å². The van der Waals surface area contributed by atoms with Gasteiger partial charge in [-0.05, 0) is 50.9 Å². The molecular formula is C14H21ClFN3. The number of halogens is 2. The molecule has 1 aliphatic rings. The van der Waals surface area contributed by atoms with Crippen molar-refractivity contribution in [1.29, 1.82) is 0 Å². The van der Waals surface area contributed by atoms with Crippen LogP contribution < -0.4 is 16.4 Å². The number of hydrogen-bond acceptors (Lipinski definition) is 3. The van der Waals surface area contributed by atoms with E-state index in [1.54, 1.807) is 12.1 Å². The van der Waals surface area contributed by atoms with Crippen LogP contribution >= 0.6 is 11.6 Å². The topological polar surface area (TPSA) is 50.1 Å². The molecule has 106 valence electrons. The van der Waals surface area contributed by atoms with Crippen LogP contribution in [0, 0.1) is 5.82 Å². The minimum atomic E-state index is -0.393. The zero-order valence-electron chi connectivity index (χ0n) is 11.2. The van der Waals surface area contributed by atoms with Gasteiger partial charge in [0.15, 0.2) is 0 Å². The maximum Gasteiger partial charge on any atom is 0.141 e. The zero-order valence-corrected chi connectivity index (χ0v) is 11.9. The van der Waals surface area contributed by atoms with Crippen molar-refractivity contribution in [2.24, 2.45) is 5.73 Å². The van der Waals surface area contributed by atoms with E-state index < -0.39 is 5.82 Å². The molecule has 0 bridgehead atoms. The summed E-state index contributed by atoms with van der Waals surface area (Å²) < 4.78 is 13.2. The van der Waals surface area contributed by atoms with E-state index in [1.807, 2.05) is 7.05 Å². The second-order valence-corrected chi connectivity index (χ2v) is 5.83. The first kappa shape index (κ1) is 14.6. The lowest BCUT2D eigenvalue weighted by molar-refractivity contribution is 0.287. The van der Waals surface area contributed by atoms with E-state index in [0.717, 1.165) is 37.9 Å². The Morgan fingerprint density at radius 1 is 1.53 bits per heavy atom. The number of likely N-dealkylation sites (N-methyl/N-ethyl adjacent to an activating group) is 1. The Bertz CT molecular complexity index is 437. The highest BCUT2D eigenvalue weighted by atomic mass is 35.5. The minimum absolute atomic E-state index is 0.0758. The smallest absolute Gasteiger partial charge is 0.141 e. The van der Waals surface area contributed by atoms with E-state index in [2.05, 4.69) is 10.6 Å². The summed E-state index contributed by atoms with van der Waals surface area (Å²) in [5.74, 6) is -0.393. The Labute approximate surface area is 118 Å². The van der Waals surface area contributed by atoms with Crippen LogP contribution in [0.2, 0.25) is 5.02 Å². The maximum atomic E-state index is 13.2. The van der Waals surface area contributed by atoms with E-state index >= 15 is 0 Å². The fourth-order valence-corrected chi connectivity index (χ4v) is 3.13. The van der Waals surface area contributed by atoms with Crippen molar-refractivity contribution in [3.05, 3.63) is 29.0 Å². The average Bonchev–Trinajstić information content (AvgIpc) is 2.34. The average molecular weight is 286 g/mol. The summed E-state index contributed by atoms with van der Waals surface area (Å²) in [6.07, 6.45) is 4.13. The van der Waals surface area contributed by atoms with Gasteiger partial charge in [-0.25, -0.2) is 4.39 Å². The van der Waals surface area contributed by atoms with Crippen LogP contribution in [-0.2, 0) is 0 Å². The van der Waals surface area contributed by atoms with Crippen LogP contribution in [0.15, 0.2) is 18.2 Å². The number of anilines is 1. The number of rotatable bonds is 4. The van der Waals surface area contributed by atoms with Crippen LogP contribution in [0.1, 0.15) is 25.7 Å². The first-order valence-corrected chi connectivity index (χ1v) is 7.06. The summed E-state index contributed by atoms with van der Waals surface area (Å²) in [6, 6.07) is 4.96. The van der Waals surface area contributed by atoms with Gasteiger partial charge in [-0.2, -0.15) is 0 Å². The summed E-state index contributed by atoms with van der Waals surface area (Å²) in [5, 5.41) is 6.86. The lowest BCUT2D eigenvalue weighted by atomic mass is 9.79. The van der Waals surface area contributed by atoms with Crippen molar-refractivity contribution in [1.82, 2.24) is 5.32 Å². The largest absolute Gasteiger partial charge is 0.378 e. The van der Waals surface area contributed by atoms with Crippen molar-refractivity contribution in [2.45, 2.75) is 37.3 Å². The fourth-order valence-electron chi connectivity index (χ4n) is 2.95. The van der Waals surface area contributed by atoms with Crippen molar-refractivity contribution in [3.63, 3.8) is 0 Å². The SMILES string of the molecule is CNCC1(Nc2ccc(F)c(Cl)c2)CCCC(N)C1. The standard InChI is InChI=1S/C14H21ClFN3/c1-18-9-14(6-2-3-10(17)8-14)19-11-4-5-13(16)12(15)7-11/h4-5,7,10,18-19H,2-3,6,8-9,17H2,1H3. The van der Waals surface area contributed by atoms with Gasteiger partial charge in [0.25, 0.3) is 0 Å². The van der Waals surface area contributed by atoms with E-state index in [-0.39, 0.29) is 16.6 Å². The van der Waals surface area contributed by atoms with E-state index in [4.69, 9.17) is 17.3 Å². The van der Waals surface area contributed by atoms with Gasteiger partial charge >= 0.3 is 0 Å². The molecule has 0 aromatic heterocycles. The second-order valence-electron chi connectivity index (χ2n) is 5.42. The Kier molecular flexibility index (Phi) is 4.66. The Balaban J connectivity index is 2.17. The molecule has 2 unspecified atom stereocenters. The molecule has 1 saturated carbocycles. The van der Waals surface area contributed by atoms with Crippen LogP contribution in [0.25, 0.3) is 0 Å². The highest BCUT2D eigenvalue weighted by Crippen LogP contribution is 2.32. The van der Waals surface area contributed by atoms with Crippen molar-refractivity contribution < 1.29 is 4.39 Å². The van der Waals surface area contributed by atoms with Crippen LogP contribution in [0.3, 0.4) is 0 Å². The van der Waals surface area contributed by atoms with E-state index in [9.17, 15) is 4.39 Å². The zero-order chi connectivity index (χ0) is 13.9. The highest BCUT2D eigenvalue weighted by Gasteiger charge is 2.34. The summed E-state index contributed by atoms with van der Waals surface area (Å²) in [4.78, 5) is 0. The van der Waals surface area contributed by atoms with Gasteiger partial charge < -0.3 is 16.4 Å². The summed E-state index contributed by atoms with van der Waals surface area (Å²) in [7, 11) is 1.93. The molecule has 0 saturated heterocycles. The van der Waals surface area contributed by atoms with Crippen LogP contribution in [-0.4, -0.2) is 25.2 Å². The second kappa shape index (κ2) is 6.07. The lowest BCUT2D eigenvalue weighted by Gasteiger charge is -2.41. The molecule has 2 rings (SSSR count). The number of hydrogen-bond donors (Lipinski definition) is 3. The number of nitrogens with one attached hydrogen (secondary N) is 2. The minimum Gasteiger partial charge on any atom is -0.378 e. The molecule has 19 heavy (non-hydrogen) atoms. The van der Waals surface area contributed by atoms with Crippen molar-refractivity contribution in [3.8, 4) is 0 Å². The third kappa shape index (κ3) is 3.59. The van der Waals surface area contributed by atoms with E-state index in [0.29, 0.717) is 0 Å². The molecule has 4 N–H and O–H groups in total. The Hall–Kier alpha value is -0.840. The molecule has 1 aromatic rings. The monoisotopic (exact) mass is 285 g/mol. The quantitative estimate of drug-likeness (QED) is 0.797. The molecule has 0 amide bonds. The molecule has 1 aliphatic carbocycles. The highest BCUT2D eigenvalue weighted by molar-refractivity contribution is 6.31. The normalized spacial score (nSPS) is 27.3. The molecule has 1 aromatic carbocycles. The van der Waals surface area contributed by atoms with Crippen molar-refractivity contribution in [2.75, 3.05) is 18.9 Å². The summed E-state index contributed by atoms with van der Waals surface area (Å²) in [6.45, 7) is 0.829. The summed E-state index contributed by atoms with van der Waals surface area (Å²) >= 11 is 5.83. The van der Waals surface area contributed by atoms with Gasteiger partial charge in [-0.1, -0.05) is 11.6 Å². The molecule has 1 fully saturated rings. The molecule has 3 nitrogen and oxygen atoms in total. The lowest BCUT2D eigenvalue weighted by Crippen LogP contribution is -2.52. The van der Waals surface area contributed by atoms with Gasteiger partial charge in [-0.3, -0.25) is 0 Å². The Morgan fingerprint density at radius 3 is 2.95 bits per heavy atom. The van der Waals surface area contributed by atoms with Crippen LogP contribution in [0.4, 0.5) is 10.1 Å². The third-order valence-electron chi connectivity index (χ3n) is 3.73. The van der Waals surface area contributed by atoms with Gasteiger partial charge in [0.1, 0.15) is 5.82 Å². The molecule has 2 atom stereocenters. The van der Waals surface area contributed by atoms with Gasteiger partial charge in [-0.15, -0.1) is 0 Å². The van der Waals surface area contributed by atoms with Gasteiger partial charge in [0, 0.05) is 18.3 Å². The molecule has 0 radical (unpaired) electrons. The Morgan fingerprint density at radius 2 is 2.32 bits per heavy atom. The first-order chi connectivity index (χ1) is 9.04. The molecular weight excluding hydrogens is 265 g/mol. The van der Waals surface area contributed by atoms with E-state index in [1.165, 1.54) is 6.07 Å². The number of benzene rings is 1. The molecule has 0 aliphatic heterocycles. The third-order valence-corrected chi connectivity index (χ3v) is 4.02. The predicted octanol–water partition coefficient (Wildman–Crippen LogP) is 2.75. The maximum absolute atomic E-state index is 13.2. The molecule has 0 heterocycles. The molecule has 5 heteroatoms.